The van der Waals surface area contributed by atoms with E-state index in [0.29, 0.717) is 0 Å². The van der Waals surface area contributed by atoms with E-state index in [4.69, 9.17) is 19.7 Å². The zero-order valence-electron chi connectivity index (χ0n) is 13.0. The number of carbonyl (C=O) groups excluding carboxylic acids is 2. The maximum atomic E-state index is 11.5. The van der Waals surface area contributed by atoms with Crippen LogP contribution in [0.2, 0.25) is 0 Å². The van der Waals surface area contributed by atoms with E-state index in [-0.39, 0.29) is 31.3 Å². The first-order valence-electron chi connectivity index (χ1n) is 6.49. The van der Waals surface area contributed by atoms with Gasteiger partial charge in [0, 0.05) is 6.54 Å². The van der Waals surface area contributed by atoms with Crippen LogP contribution in [0.15, 0.2) is 0 Å². The summed E-state index contributed by atoms with van der Waals surface area (Å²) in [5.74, 6) is -0.808. The van der Waals surface area contributed by atoms with Gasteiger partial charge in [-0.2, -0.15) is 23.5 Å². The van der Waals surface area contributed by atoms with Gasteiger partial charge >= 0.3 is 19.8 Å². The molecule has 0 aliphatic rings. The van der Waals surface area contributed by atoms with Gasteiger partial charge < -0.3 is 20.1 Å². The highest BCUT2D eigenvalue weighted by Gasteiger charge is 2.25. The summed E-state index contributed by atoms with van der Waals surface area (Å²) in [6, 6.07) is 0. The second-order valence-electron chi connectivity index (χ2n) is 4.05. The molecule has 0 aliphatic carbocycles. The Kier molecular flexibility index (Phi) is 12.9. The molecule has 12 heteroatoms. The van der Waals surface area contributed by atoms with Crippen molar-refractivity contribution in [2.75, 3.05) is 50.4 Å². The summed E-state index contributed by atoms with van der Waals surface area (Å²) >= 11 is 2.53. The number of carbonyl (C=O) groups is 2. The van der Waals surface area contributed by atoms with E-state index in [1.54, 1.807) is 12.5 Å². The molecule has 136 valence electrons. The van der Waals surface area contributed by atoms with Crippen LogP contribution in [0.3, 0.4) is 0 Å². The van der Waals surface area contributed by atoms with Crippen molar-refractivity contribution in [3.8, 4) is 0 Å². The van der Waals surface area contributed by atoms with Crippen molar-refractivity contribution in [2.24, 2.45) is 5.73 Å². The minimum Gasteiger partial charge on any atom is -0.461 e. The van der Waals surface area contributed by atoms with Crippen molar-refractivity contribution in [3.05, 3.63) is 0 Å². The quantitative estimate of drug-likeness (QED) is 0.331. The van der Waals surface area contributed by atoms with Gasteiger partial charge in [-0.15, -0.1) is 0 Å². The standard InChI is InChI=1S/C11H22NO8PS2/c1-22-7-10(13)17-5-9(20-11(14)8-23-2)6-19-21(15,16)18-4-3-12/h9H,3-8,12H2,1-2H3,(H,15,16)/t9-/m1/s1. The Labute approximate surface area is 143 Å². The molecule has 0 aromatic carbocycles. The van der Waals surface area contributed by atoms with Crippen LogP contribution >= 0.6 is 31.3 Å². The van der Waals surface area contributed by atoms with Gasteiger partial charge in [-0.05, 0) is 12.5 Å². The molecule has 0 rings (SSSR count). The second kappa shape index (κ2) is 13.1. The van der Waals surface area contributed by atoms with Gasteiger partial charge in [-0.25, -0.2) is 4.57 Å². The largest absolute Gasteiger partial charge is 0.472 e. The summed E-state index contributed by atoms with van der Waals surface area (Å²) < 4.78 is 30.8. The number of thioether (sulfide) groups is 2. The first-order valence-corrected chi connectivity index (χ1v) is 10.8. The molecule has 23 heavy (non-hydrogen) atoms. The van der Waals surface area contributed by atoms with Gasteiger partial charge in [0.25, 0.3) is 0 Å². The lowest BCUT2D eigenvalue weighted by Crippen LogP contribution is -2.30. The summed E-state index contributed by atoms with van der Waals surface area (Å²) in [5.41, 5.74) is 5.16. The van der Waals surface area contributed by atoms with Crippen molar-refractivity contribution >= 4 is 43.3 Å². The predicted molar refractivity (Wildman–Crippen MR) is 88.4 cm³/mol. The van der Waals surface area contributed by atoms with Crippen LogP contribution in [-0.4, -0.2) is 73.3 Å². The molecule has 0 bridgehead atoms. The summed E-state index contributed by atoms with van der Waals surface area (Å²) in [5, 5.41) is 0. The van der Waals surface area contributed by atoms with E-state index >= 15 is 0 Å². The summed E-state index contributed by atoms with van der Waals surface area (Å²) in [6.07, 6.45) is 2.44. The number of phosphoric acid groups is 1. The molecular weight excluding hydrogens is 369 g/mol. The number of phosphoric ester groups is 1. The third kappa shape index (κ3) is 12.8. The van der Waals surface area contributed by atoms with Gasteiger partial charge in [0.05, 0.1) is 24.7 Å². The lowest BCUT2D eigenvalue weighted by Gasteiger charge is -2.19. The number of hydrogen-bond donors (Lipinski definition) is 2. The number of esters is 2. The average molecular weight is 391 g/mol. The highest BCUT2D eigenvalue weighted by atomic mass is 32.2. The van der Waals surface area contributed by atoms with Crippen LogP contribution in [0.1, 0.15) is 0 Å². The summed E-state index contributed by atoms with van der Waals surface area (Å²) in [4.78, 5) is 32.2. The fourth-order valence-electron chi connectivity index (χ4n) is 1.18. The molecule has 0 heterocycles. The van der Waals surface area contributed by atoms with E-state index in [0.717, 1.165) is 0 Å². The van der Waals surface area contributed by atoms with Crippen molar-refractivity contribution in [1.82, 2.24) is 0 Å². The molecule has 0 fully saturated rings. The zero-order valence-corrected chi connectivity index (χ0v) is 15.5. The summed E-state index contributed by atoms with van der Waals surface area (Å²) in [7, 11) is -4.30. The van der Waals surface area contributed by atoms with Crippen molar-refractivity contribution in [3.63, 3.8) is 0 Å². The van der Waals surface area contributed by atoms with Crippen LogP contribution in [0.4, 0.5) is 0 Å². The smallest absolute Gasteiger partial charge is 0.461 e. The fourth-order valence-corrected chi connectivity index (χ4v) is 2.57. The molecule has 0 saturated carbocycles. The SMILES string of the molecule is CSCC(=O)OC[C@H](COP(=O)(O)OCCN)OC(=O)CSC. The lowest BCUT2D eigenvalue weighted by molar-refractivity contribution is -0.157. The molecule has 0 amide bonds. The molecule has 0 aromatic rings. The Hall–Kier alpha value is -0.290. The third-order valence-corrected chi connectivity index (χ3v) is 4.08. The second-order valence-corrected chi connectivity index (χ2v) is 7.23. The maximum Gasteiger partial charge on any atom is 0.472 e. The molecule has 0 spiro atoms. The summed E-state index contributed by atoms with van der Waals surface area (Å²) in [6.45, 7) is -0.846. The number of hydrogen-bond acceptors (Lipinski definition) is 10. The molecule has 0 aliphatic heterocycles. The molecule has 0 radical (unpaired) electrons. The van der Waals surface area contributed by atoms with Crippen LogP contribution < -0.4 is 5.73 Å². The van der Waals surface area contributed by atoms with Crippen LogP contribution in [0.5, 0.6) is 0 Å². The average Bonchev–Trinajstić information content (AvgIpc) is 2.48. The first-order chi connectivity index (χ1) is 10.8. The highest BCUT2D eigenvalue weighted by molar-refractivity contribution is 7.99. The molecule has 0 saturated heterocycles. The predicted octanol–water partition coefficient (Wildman–Crippen LogP) is 0.260. The molecule has 3 N–H and O–H groups in total. The van der Waals surface area contributed by atoms with E-state index in [2.05, 4.69) is 4.52 Å². The fraction of sp³-hybridized carbons (Fsp3) is 0.818. The van der Waals surface area contributed by atoms with Gasteiger partial charge in [0.1, 0.15) is 6.61 Å². The van der Waals surface area contributed by atoms with E-state index in [1.807, 2.05) is 0 Å². The topological polar surface area (TPSA) is 134 Å². The van der Waals surface area contributed by atoms with Gasteiger partial charge in [0.15, 0.2) is 6.10 Å². The first kappa shape index (κ1) is 22.7. The molecule has 1 unspecified atom stereocenters. The van der Waals surface area contributed by atoms with Gasteiger partial charge in [-0.3, -0.25) is 18.6 Å². The maximum absolute atomic E-state index is 11.5. The zero-order chi connectivity index (χ0) is 17.7. The van der Waals surface area contributed by atoms with Gasteiger partial charge in [0.2, 0.25) is 0 Å². The lowest BCUT2D eigenvalue weighted by atomic mass is 10.4. The number of nitrogens with two attached hydrogens (primary N) is 1. The molecular formula is C11H22NO8PS2. The van der Waals surface area contributed by atoms with Crippen LogP contribution in [-0.2, 0) is 32.7 Å². The Morgan fingerprint density at radius 2 is 1.74 bits per heavy atom. The van der Waals surface area contributed by atoms with E-state index in [1.165, 1.54) is 23.5 Å². The number of rotatable bonds is 13. The number of ether oxygens (including phenoxy) is 2. The van der Waals surface area contributed by atoms with E-state index in [9.17, 15) is 19.0 Å². The minimum atomic E-state index is -4.30. The van der Waals surface area contributed by atoms with Crippen molar-refractivity contribution < 1.29 is 37.6 Å². The molecule has 2 atom stereocenters. The van der Waals surface area contributed by atoms with Gasteiger partial charge in [-0.1, -0.05) is 0 Å². The molecule has 9 nitrogen and oxygen atoms in total. The van der Waals surface area contributed by atoms with Crippen LogP contribution in [0.25, 0.3) is 0 Å². The minimum absolute atomic E-state index is 0.0480. The van der Waals surface area contributed by atoms with Crippen molar-refractivity contribution in [2.45, 2.75) is 6.10 Å². The normalized spacial score (nSPS) is 14.8. The Balaban J connectivity index is 4.49. The Morgan fingerprint density at radius 3 is 2.30 bits per heavy atom. The molecule has 0 aromatic heterocycles. The monoisotopic (exact) mass is 391 g/mol. The van der Waals surface area contributed by atoms with Crippen molar-refractivity contribution in [1.29, 1.82) is 0 Å². The van der Waals surface area contributed by atoms with Crippen LogP contribution in [0, 0.1) is 0 Å². The Bertz CT molecular complexity index is 411. The third-order valence-electron chi connectivity index (χ3n) is 2.05. The Morgan fingerprint density at radius 1 is 1.13 bits per heavy atom. The highest BCUT2D eigenvalue weighted by Crippen LogP contribution is 2.42. The van der Waals surface area contributed by atoms with E-state index < -0.39 is 32.5 Å².